The second kappa shape index (κ2) is 5.43. The molecule has 0 saturated carbocycles. The lowest BCUT2D eigenvalue weighted by Gasteiger charge is -2.02. The predicted octanol–water partition coefficient (Wildman–Crippen LogP) is 6.05. The molecule has 3 rings (SSSR count). The molecule has 0 amide bonds. The fourth-order valence-corrected chi connectivity index (χ4v) is 3.09. The summed E-state index contributed by atoms with van der Waals surface area (Å²) in [6.45, 7) is 0. The summed E-state index contributed by atoms with van der Waals surface area (Å²) in [6.07, 6.45) is 3.02. The van der Waals surface area contributed by atoms with Gasteiger partial charge in [-0.1, -0.05) is 28.1 Å². The Morgan fingerprint density at radius 3 is 2.32 bits per heavy atom. The van der Waals surface area contributed by atoms with Gasteiger partial charge in [-0.2, -0.15) is 0 Å². The maximum absolute atomic E-state index is 3.56. The molecule has 0 fully saturated rings. The van der Waals surface area contributed by atoms with Gasteiger partial charge in [0, 0.05) is 30.5 Å². The standard InChI is InChI=1S/C15H10Br3N/c16-11-3-1-9(2-4-11)5-10-8-19-15-7-14(18)13(17)6-12(10)15/h1-4,6-8,19H,5H2. The predicted molar refractivity (Wildman–Crippen MR) is 90.6 cm³/mol. The number of fused-ring (bicyclic) bond motifs is 1. The first kappa shape index (κ1) is 13.4. The lowest BCUT2D eigenvalue weighted by atomic mass is 10.0. The zero-order valence-electron chi connectivity index (χ0n) is 9.88. The number of rotatable bonds is 2. The number of aromatic nitrogens is 1. The average Bonchev–Trinajstić information content (AvgIpc) is 2.76. The van der Waals surface area contributed by atoms with Crippen LogP contribution in [0.1, 0.15) is 11.1 Å². The van der Waals surface area contributed by atoms with Crippen LogP contribution in [-0.2, 0) is 6.42 Å². The van der Waals surface area contributed by atoms with Gasteiger partial charge in [-0.25, -0.2) is 0 Å². The molecular formula is C15H10Br3N. The fourth-order valence-electron chi connectivity index (χ4n) is 2.14. The fraction of sp³-hybridized carbons (Fsp3) is 0.0667. The number of aromatic amines is 1. The summed E-state index contributed by atoms with van der Waals surface area (Å²) in [5.74, 6) is 0. The summed E-state index contributed by atoms with van der Waals surface area (Å²) >= 11 is 10.6. The average molecular weight is 444 g/mol. The van der Waals surface area contributed by atoms with Gasteiger partial charge >= 0.3 is 0 Å². The first-order chi connectivity index (χ1) is 9.13. The van der Waals surface area contributed by atoms with Crippen molar-refractivity contribution in [2.24, 2.45) is 0 Å². The summed E-state index contributed by atoms with van der Waals surface area (Å²) in [7, 11) is 0. The van der Waals surface area contributed by atoms with Crippen molar-refractivity contribution in [1.29, 1.82) is 0 Å². The number of hydrogen-bond acceptors (Lipinski definition) is 0. The minimum Gasteiger partial charge on any atom is -0.361 e. The van der Waals surface area contributed by atoms with Crippen molar-refractivity contribution in [2.75, 3.05) is 0 Å². The molecule has 1 aromatic heterocycles. The minimum atomic E-state index is 0.932. The molecular weight excluding hydrogens is 434 g/mol. The van der Waals surface area contributed by atoms with E-state index in [1.54, 1.807) is 0 Å². The molecule has 0 spiro atoms. The van der Waals surface area contributed by atoms with Gasteiger partial charge < -0.3 is 4.98 Å². The van der Waals surface area contributed by atoms with Crippen molar-refractivity contribution >= 4 is 58.7 Å². The minimum absolute atomic E-state index is 0.932. The van der Waals surface area contributed by atoms with Crippen LogP contribution < -0.4 is 0 Å². The van der Waals surface area contributed by atoms with E-state index in [-0.39, 0.29) is 0 Å². The highest BCUT2D eigenvalue weighted by molar-refractivity contribution is 9.13. The van der Waals surface area contributed by atoms with E-state index in [1.165, 1.54) is 16.5 Å². The second-order valence-corrected chi connectivity index (χ2v) is 7.05. The van der Waals surface area contributed by atoms with Gasteiger partial charge in [-0.3, -0.25) is 0 Å². The number of benzene rings is 2. The Morgan fingerprint density at radius 1 is 0.895 bits per heavy atom. The van der Waals surface area contributed by atoms with Crippen molar-refractivity contribution in [2.45, 2.75) is 6.42 Å². The first-order valence-electron chi connectivity index (χ1n) is 5.83. The van der Waals surface area contributed by atoms with Crippen LogP contribution in [0.3, 0.4) is 0 Å². The Hall–Kier alpha value is -0.580. The molecule has 4 heteroatoms. The Kier molecular flexibility index (Phi) is 3.83. The van der Waals surface area contributed by atoms with Crippen molar-refractivity contribution in [3.8, 4) is 0 Å². The first-order valence-corrected chi connectivity index (χ1v) is 8.21. The zero-order chi connectivity index (χ0) is 13.4. The Bertz CT molecular complexity index is 729. The van der Waals surface area contributed by atoms with E-state index in [1.807, 2.05) is 0 Å². The van der Waals surface area contributed by atoms with Crippen LogP contribution >= 0.6 is 47.8 Å². The summed E-state index contributed by atoms with van der Waals surface area (Å²) in [5, 5.41) is 1.26. The third kappa shape index (κ3) is 2.81. The van der Waals surface area contributed by atoms with Gasteiger partial charge in [0.15, 0.2) is 0 Å². The molecule has 0 unspecified atom stereocenters. The summed E-state index contributed by atoms with van der Waals surface area (Å²) in [4.78, 5) is 3.33. The number of halogens is 3. The summed E-state index contributed by atoms with van der Waals surface area (Å²) in [5.41, 5.74) is 3.77. The van der Waals surface area contributed by atoms with Crippen LogP contribution in [0, 0.1) is 0 Å². The molecule has 2 aromatic carbocycles. The van der Waals surface area contributed by atoms with Gasteiger partial charge in [-0.05, 0) is 73.7 Å². The molecule has 19 heavy (non-hydrogen) atoms. The molecule has 1 N–H and O–H groups in total. The molecule has 0 aliphatic rings. The molecule has 3 aromatic rings. The molecule has 1 nitrogen and oxygen atoms in total. The van der Waals surface area contributed by atoms with Gasteiger partial charge in [0.2, 0.25) is 0 Å². The second-order valence-electron chi connectivity index (χ2n) is 4.43. The molecule has 0 bridgehead atoms. The van der Waals surface area contributed by atoms with Crippen molar-refractivity contribution < 1.29 is 0 Å². The molecule has 0 radical (unpaired) electrons. The van der Waals surface area contributed by atoms with Crippen LogP contribution in [0.15, 0.2) is 56.0 Å². The van der Waals surface area contributed by atoms with Crippen LogP contribution in [0.2, 0.25) is 0 Å². The van der Waals surface area contributed by atoms with E-state index >= 15 is 0 Å². The van der Waals surface area contributed by atoms with Crippen LogP contribution in [0.25, 0.3) is 10.9 Å². The Balaban J connectivity index is 2.01. The smallest absolute Gasteiger partial charge is 0.0469 e. The molecule has 1 heterocycles. The molecule has 0 atom stereocenters. The largest absolute Gasteiger partial charge is 0.361 e. The van der Waals surface area contributed by atoms with Crippen molar-refractivity contribution in [1.82, 2.24) is 4.98 Å². The maximum atomic E-state index is 3.56. The third-order valence-corrected chi connectivity index (χ3v) is 5.49. The van der Waals surface area contributed by atoms with Crippen LogP contribution in [0.4, 0.5) is 0 Å². The van der Waals surface area contributed by atoms with Crippen LogP contribution in [0.5, 0.6) is 0 Å². The molecule has 0 aliphatic heterocycles. The van der Waals surface area contributed by atoms with E-state index in [4.69, 9.17) is 0 Å². The lowest BCUT2D eigenvalue weighted by Crippen LogP contribution is -1.86. The number of H-pyrrole nitrogens is 1. The Morgan fingerprint density at radius 2 is 1.58 bits per heavy atom. The maximum Gasteiger partial charge on any atom is 0.0469 e. The van der Waals surface area contributed by atoms with E-state index in [0.717, 1.165) is 25.4 Å². The van der Waals surface area contributed by atoms with Gasteiger partial charge in [0.25, 0.3) is 0 Å². The highest BCUT2D eigenvalue weighted by Crippen LogP contribution is 2.31. The highest BCUT2D eigenvalue weighted by atomic mass is 79.9. The van der Waals surface area contributed by atoms with Crippen molar-refractivity contribution in [3.63, 3.8) is 0 Å². The molecule has 0 aliphatic carbocycles. The van der Waals surface area contributed by atoms with Gasteiger partial charge in [0.1, 0.15) is 0 Å². The summed E-state index contributed by atoms with van der Waals surface area (Å²) in [6, 6.07) is 12.7. The normalized spacial score (nSPS) is 11.1. The third-order valence-electron chi connectivity index (χ3n) is 3.12. The zero-order valence-corrected chi connectivity index (χ0v) is 14.6. The topological polar surface area (TPSA) is 15.8 Å². The molecule has 96 valence electrons. The monoisotopic (exact) mass is 441 g/mol. The number of nitrogens with one attached hydrogen (secondary N) is 1. The van der Waals surface area contributed by atoms with E-state index in [0.29, 0.717) is 0 Å². The van der Waals surface area contributed by atoms with Crippen molar-refractivity contribution in [3.05, 3.63) is 67.1 Å². The Labute approximate surface area is 136 Å². The SMILES string of the molecule is Brc1ccc(Cc2c[nH]c3cc(Br)c(Br)cc23)cc1. The highest BCUT2D eigenvalue weighted by Gasteiger charge is 2.07. The quantitative estimate of drug-likeness (QED) is 0.496. The summed E-state index contributed by atoms with van der Waals surface area (Å²) < 4.78 is 3.26. The van der Waals surface area contributed by atoms with E-state index in [9.17, 15) is 0 Å². The van der Waals surface area contributed by atoms with E-state index in [2.05, 4.69) is 95.4 Å². The van der Waals surface area contributed by atoms with Gasteiger partial charge in [0.05, 0.1) is 0 Å². The van der Waals surface area contributed by atoms with Crippen LogP contribution in [-0.4, -0.2) is 4.98 Å². The molecule has 0 saturated heterocycles. The van der Waals surface area contributed by atoms with Gasteiger partial charge in [-0.15, -0.1) is 0 Å². The lowest BCUT2D eigenvalue weighted by molar-refractivity contribution is 1.20. The number of hydrogen-bond donors (Lipinski definition) is 1. The van der Waals surface area contributed by atoms with E-state index < -0.39 is 0 Å².